The van der Waals surface area contributed by atoms with E-state index in [4.69, 9.17) is 5.73 Å². The molecule has 0 spiro atoms. The van der Waals surface area contributed by atoms with Gasteiger partial charge in [-0.2, -0.15) is 11.8 Å². The number of nitrogens with zero attached hydrogens (tertiary/aromatic N) is 1. The van der Waals surface area contributed by atoms with Crippen LogP contribution in [0, 0.1) is 0 Å². The van der Waals surface area contributed by atoms with E-state index in [0.29, 0.717) is 29.1 Å². The van der Waals surface area contributed by atoms with Crippen LogP contribution in [-0.2, 0) is 4.79 Å². The van der Waals surface area contributed by atoms with E-state index in [1.807, 2.05) is 12.3 Å². The predicted octanol–water partition coefficient (Wildman–Crippen LogP) is 3.73. The summed E-state index contributed by atoms with van der Waals surface area (Å²) in [6, 6.07) is 13.5. The van der Waals surface area contributed by atoms with Crippen LogP contribution in [0.25, 0.3) is 11.1 Å². The fourth-order valence-electron chi connectivity index (χ4n) is 4.09. The molecule has 1 fully saturated rings. The number of carbonyl (C=O) groups is 3. The molecule has 2 aromatic carbocycles. The molecule has 5 N–H and O–H groups in total. The number of rotatable bonds is 9. The molecule has 3 rings (SSSR count). The fourth-order valence-corrected chi connectivity index (χ4v) is 4.61. The summed E-state index contributed by atoms with van der Waals surface area (Å²) >= 11 is 1.41. The van der Waals surface area contributed by atoms with Crippen molar-refractivity contribution < 1.29 is 24.6 Å². The average molecular weight is 508 g/mol. The van der Waals surface area contributed by atoms with Crippen LogP contribution in [0.15, 0.2) is 48.5 Å². The SMILES string of the molecule is CSCCC(N)(C(=O)O)C(=O)c1ccc(N(C(=O)O)C2CCCNC2)cc1-c1ccccc1.Cl. The smallest absolute Gasteiger partial charge is 0.412 e. The lowest BCUT2D eigenvalue weighted by molar-refractivity contribution is -0.141. The molecule has 8 nitrogen and oxygen atoms in total. The number of Topliss-reactive ketones (excluding diaryl/α,β-unsaturated/α-hetero) is 1. The summed E-state index contributed by atoms with van der Waals surface area (Å²) in [5.41, 5.74) is 5.77. The first-order chi connectivity index (χ1) is 15.8. The zero-order valence-electron chi connectivity index (χ0n) is 18.9. The van der Waals surface area contributed by atoms with Crippen LogP contribution in [-0.4, -0.2) is 64.7 Å². The van der Waals surface area contributed by atoms with E-state index in [-0.39, 0.29) is 30.4 Å². The number of nitrogens with two attached hydrogens (primary N) is 1. The van der Waals surface area contributed by atoms with Crippen LogP contribution in [0.2, 0.25) is 0 Å². The third-order valence-electron chi connectivity index (χ3n) is 5.94. The highest BCUT2D eigenvalue weighted by atomic mass is 35.5. The van der Waals surface area contributed by atoms with Gasteiger partial charge < -0.3 is 21.3 Å². The zero-order valence-corrected chi connectivity index (χ0v) is 20.5. The summed E-state index contributed by atoms with van der Waals surface area (Å²) in [4.78, 5) is 39.0. The Morgan fingerprint density at radius 2 is 1.88 bits per heavy atom. The maximum Gasteiger partial charge on any atom is 0.412 e. The van der Waals surface area contributed by atoms with Crippen molar-refractivity contribution in [2.45, 2.75) is 30.8 Å². The van der Waals surface area contributed by atoms with Crippen LogP contribution in [0.3, 0.4) is 0 Å². The van der Waals surface area contributed by atoms with Crippen LogP contribution >= 0.6 is 24.2 Å². The highest BCUT2D eigenvalue weighted by Crippen LogP contribution is 2.33. The van der Waals surface area contributed by atoms with E-state index < -0.39 is 23.4 Å². The second-order valence-electron chi connectivity index (χ2n) is 8.10. The third kappa shape index (κ3) is 5.90. The minimum absolute atomic E-state index is 0. The number of carboxylic acids is 1. The monoisotopic (exact) mass is 507 g/mol. The number of piperidine rings is 1. The number of ketones is 1. The van der Waals surface area contributed by atoms with E-state index in [1.54, 1.807) is 36.4 Å². The number of thioether (sulfide) groups is 1. The van der Waals surface area contributed by atoms with Gasteiger partial charge in [-0.25, -0.2) is 9.59 Å². The Morgan fingerprint density at radius 3 is 2.44 bits per heavy atom. The first kappa shape index (κ1) is 27.7. The highest BCUT2D eigenvalue weighted by Gasteiger charge is 2.43. The molecule has 2 unspecified atom stereocenters. The molecule has 1 amide bonds. The first-order valence-electron chi connectivity index (χ1n) is 10.8. The zero-order chi connectivity index (χ0) is 24.0. The molecule has 1 saturated heterocycles. The van der Waals surface area contributed by atoms with Crippen LogP contribution < -0.4 is 16.0 Å². The molecule has 0 saturated carbocycles. The van der Waals surface area contributed by atoms with Gasteiger partial charge in [0.15, 0.2) is 11.3 Å². The number of anilines is 1. The summed E-state index contributed by atoms with van der Waals surface area (Å²) in [5.74, 6) is -1.67. The molecule has 1 heterocycles. The largest absolute Gasteiger partial charge is 0.480 e. The third-order valence-corrected chi connectivity index (χ3v) is 6.55. The summed E-state index contributed by atoms with van der Waals surface area (Å²) < 4.78 is 0. The predicted molar refractivity (Wildman–Crippen MR) is 137 cm³/mol. The van der Waals surface area contributed by atoms with Gasteiger partial charge in [0.25, 0.3) is 0 Å². The van der Waals surface area contributed by atoms with E-state index in [2.05, 4.69) is 5.32 Å². The average Bonchev–Trinajstić information content (AvgIpc) is 2.83. The molecule has 0 aromatic heterocycles. The highest BCUT2D eigenvalue weighted by molar-refractivity contribution is 7.98. The van der Waals surface area contributed by atoms with Gasteiger partial charge in [0, 0.05) is 17.8 Å². The van der Waals surface area contributed by atoms with Gasteiger partial charge in [-0.15, -0.1) is 12.4 Å². The topological polar surface area (TPSA) is 133 Å². The Morgan fingerprint density at radius 1 is 1.18 bits per heavy atom. The molecular formula is C24H30ClN3O5S. The van der Waals surface area contributed by atoms with Crippen molar-refractivity contribution in [2.24, 2.45) is 5.73 Å². The Labute approximate surface area is 209 Å². The molecule has 2 aromatic rings. The second kappa shape index (κ2) is 12.2. The van der Waals surface area contributed by atoms with Crippen molar-refractivity contribution in [2.75, 3.05) is 30.0 Å². The van der Waals surface area contributed by atoms with Crippen molar-refractivity contribution in [1.29, 1.82) is 0 Å². The molecule has 34 heavy (non-hydrogen) atoms. The number of hydrogen-bond donors (Lipinski definition) is 4. The van der Waals surface area contributed by atoms with E-state index in [9.17, 15) is 24.6 Å². The number of halogens is 1. The normalized spacial score (nSPS) is 17.2. The molecule has 2 atom stereocenters. The first-order valence-corrected chi connectivity index (χ1v) is 12.2. The number of carbonyl (C=O) groups excluding carboxylic acids is 1. The summed E-state index contributed by atoms with van der Waals surface area (Å²) in [5, 5.41) is 23.0. The van der Waals surface area contributed by atoms with E-state index in [1.165, 1.54) is 22.7 Å². The summed E-state index contributed by atoms with van der Waals surface area (Å²) in [6.07, 6.45) is 2.30. The van der Waals surface area contributed by atoms with Crippen molar-refractivity contribution in [3.8, 4) is 11.1 Å². The van der Waals surface area contributed by atoms with Crippen molar-refractivity contribution in [3.05, 3.63) is 54.1 Å². The molecule has 0 radical (unpaired) electrons. The molecule has 184 valence electrons. The van der Waals surface area contributed by atoms with Crippen LogP contribution in [0.4, 0.5) is 10.5 Å². The Bertz CT molecular complexity index is 1020. The molecule has 10 heteroatoms. The number of hydrogen-bond acceptors (Lipinski definition) is 6. The summed E-state index contributed by atoms with van der Waals surface area (Å²) in [7, 11) is 0. The van der Waals surface area contributed by atoms with Crippen molar-refractivity contribution in [3.63, 3.8) is 0 Å². The summed E-state index contributed by atoms with van der Waals surface area (Å²) in [6.45, 7) is 1.38. The van der Waals surface area contributed by atoms with Crippen LogP contribution in [0.5, 0.6) is 0 Å². The minimum atomic E-state index is -2.08. The number of carboxylic acid groups (broad SMARTS) is 2. The van der Waals surface area contributed by atoms with Gasteiger partial charge in [-0.3, -0.25) is 9.69 Å². The maximum atomic E-state index is 13.5. The fraction of sp³-hybridized carbons (Fsp3) is 0.375. The number of nitrogens with one attached hydrogen (secondary N) is 1. The van der Waals surface area contributed by atoms with E-state index >= 15 is 0 Å². The van der Waals surface area contributed by atoms with Gasteiger partial charge in [0.05, 0.1) is 6.04 Å². The number of aliphatic carboxylic acids is 1. The van der Waals surface area contributed by atoms with Gasteiger partial charge in [-0.05, 0) is 67.1 Å². The van der Waals surface area contributed by atoms with Gasteiger partial charge in [0.1, 0.15) is 0 Å². The van der Waals surface area contributed by atoms with E-state index in [0.717, 1.165) is 19.4 Å². The minimum Gasteiger partial charge on any atom is -0.480 e. The van der Waals surface area contributed by atoms with Crippen LogP contribution in [0.1, 0.15) is 29.6 Å². The number of amides is 1. The quantitative estimate of drug-likeness (QED) is 0.298. The van der Waals surface area contributed by atoms with Crippen molar-refractivity contribution in [1.82, 2.24) is 5.32 Å². The molecule has 1 aliphatic rings. The lowest BCUT2D eigenvalue weighted by Crippen LogP contribution is -2.55. The molecular weight excluding hydrogens is 478 g/mol. The van der Waals surface area contributed by atoms with Gasteiger partial charge in [-0.1, -0.05) is 30.3 Å². The van der Waals surface area contributed by atoms with Gasteiger partial charge in [0.2, 0.25) is 0 Å². The molecule has 1 aliphatic heterocycles. The standard InChI is InChI=1S/C24H29N3O5S.ClH/c1-33-13-11-24(25,22(29)30)21(28)19-10-9-17(14-20(19)16-6-3-2-4-7-16)27(23(31)32)18-8-5-12-26-15-18;/h2-4,6-7,9-10,14,18,26H,5,8,11-13,15,25H2,1H3,(H,29,30)(H,31,32);1H. The molecule has 0 aliphatic carbocycles. The lowest BCUT2D eigenvalue weighted by Gasteiger charge is -2.33. The molecule has 0 bridgehead atoms. The van der Waals surface area contributed by atoms with Gasteiger partial charge >= 0.3 is 12.1 Å². The Hall–Kier alpha value is -2.59. The number of benzene rings is 2. The van der Waals surface area contributed by atoms with Crippen molar-refractivity contribution >= 4 is 47.7 Å². The second-order valence-corrected chi connectivity index (χ2v) is 9.08. The maximum absolute atomic E-state index is 13.5. The Balaban J connectivity index is 0.00000408. The lowest BCUT2D eigenvalue weighted by atomic mass is 9.84. The Kier molecular flexibility index (Phi) is 9.93.